The molecule has 0 aliphatic carbocycles. The second-order valence-corrected chi connectivity index (χ2v) is 7.80. The molecule has 6 nitrogen and oxygen atoms in total. The fourth-order valence-corrected chi connectivity index (χ4v) is 4.07. The maximum atomic E-state index is 12.8. The number of carbonyl (C=O) groups excluding carboxylic acids is 2. The Labute approximate surface area is 157 Å². The van der Waals surface area contributed by atoms with Crippen molar-refractivity contribution < 1.29 is 19.1 Å². The van der Waals surface area contributed by atoms with Gasteiger partial charge in [0.2, 0.25) is 5.91 Å². The average Bonchev–Trinajstić information content (AvgIpc) is 2.87. The van der Waals surface area contributed by atoms with Gasteiger partial charge in [-0.25, -0.2) is 9.79 Å². The van der Waals surface area contributed by atoms with E-state index >= 15 is 0 Å². The summed E-state index contributed by atoms with van der Waals surface area (Å²) in [6, 6.07) is 6.81. The van der Waals surface area contributed by atoms with Gasteiger partial charge in [-0.1, -0.05) is 23.9 Å². The van der Waals surface area contributed by atoms with Crippen LogP contribution in [0.5, 0.6) is 5.75 Å². The van der Waals surface area contributed by atoms with E-state index in [1.54, 1.807) is 32.8 Å². The van der Waals surface area contributed by atoms with Crippen LogP contribution < -0.4 is 4.74 Å². The zero-order chi connectivity index (χ0) is 19.0. The third kappa shape index (κ3) is 3.23. The van der Waals surface area contributed by atoms with Gasteiger partial charge < -0.3 is 9.47 Å². The van der Waals surface area contributed by atoms with Crippen LogP contribution in [-0.4, -0.2) is 40.4 Å². The number of hydrogen-bond donors (Lipinski definition) is 0. The fourth-order valence-electron chi connectivity index (χ4n) is 3.04. The Bertz CT molecular complexity index is 798. The largest absolute Gasteiger partial charge is 0.497 e. The van der Waals surface area contributed by atoms with Crippen LogP contribution in [0.1, 0.15) is 39.3 Å². The lowest BCUT2D eigenvalue weighted by Gasteiger charge is -2.33. The molecule has 3 rings (SSSR count). The van der Waals surface area contributed by atoms with E-state index in [9.17, 15) is 9.59 Å². The number of esters is 1. The molecule has 0 bridgehead atoms. The number of rotatable bonds is 4. The molecule has 0 aromatic heterocycles. The standard InChI is InChI=1S/C19H22N2O4S/c1-10(2)25-18(23)15-11(3)20-19-21(17(22)12(4)26-19)16(15)13-6-8-14(24-5)9-7-13/h6-10,12,16H,1-5H3/t12-,16-/m1/s1. The number of benzene rings is 1. The van der Waals surface area contributed by atoms with E-state index in [1.165, 1.54) is 11.8 Å². The maximum absolute atomic E-state index is 12.8. The van der Waals surface area contributed by atoms with Crippen molar-refractivity contribution in [3.8, 4) is 5.75 Å². The molecule has 2 aliphatic heterocycles. The van der Waals surface area contributed by atoms with Crippen molar-refractivity contribution >= 4 is 28.8 Å². The van der Waals surface area contributed by atoms with Crippen LogP contribution in [0.15, 0.2) is 40.5 Å². The van der Waals surface area contributed by atoms with Crippen LogP contribution in [0, 0.1) is 0 Å². The van der Waals surface area contributed by atoms with Crippen molar-refractivity contribution in [3.05, 3.63) is 41.1 Å². The number of amides is 1. The number of ether oxygens (including phenoxy) is 2. The molecule has 0 N–H and O–H groups in total. The number of hydrogen-bond acceptors (Lipinski definition) is 6. The molecule has 138 valence electrons. The second kappa shape index (κ2) is 7.15. The van der Waals surface area contributed by atoms with Gasteiger partial charge in [0.15, 0.2) is 5.17 Å². The normalized spacial score (nSPS) is 22.5. The molecule has 1 fully saturated rings. The highest BCUT2D eigenvalue weighted by Crippen LogP contribution is 2.43. The van der Waals surface area contributed by atoms with Crippen molar-refractivity contribution in [2.45, 2.75) is 45.1 Å². The molecule has 1 aromatic rings. The van der Waals surface area contributed by atoms with E-state index < -0.39 is 12.0 Å². The van der Waals surface area contributed by atoms with Gasteiger partial charge in [0, 0.05) is 0 Å². The summed E-state index contributed by atoms with van der Waals surface area (Å²) < 4.78 is 10.6. The molecule has 2 aliphatic rings. The van der Waals surface area contributed by atoms with Gasteiger partial charge >= 0.3 is 5.97 Å². The molecule has 0 radical (unpaired) electrons. The Kier molecular flexibility index (Phi) is 5.09. The number of fused-ring (bicyclic) bond motifs is 1. The number of amidine groups is 1. The predicted octanol–water partition coefficient (Wildman–Crippen LogP) is 3.30. The minimum Gasteiger partial charge on any atom is -0.497 e. The van der Waals surface area contributed by atoms with E-state index in [0.717, 1.165) is 5.56 Å². The lowest BCUT2D eigenvalue weighted by atomic mass is 9.94. The van der Waals surface area contributed by atoms with Crippen molar-refractivity contribution in [2.75, 3.05) is 7.11 Å². The number of carbonyl (C=O) groups is 2. The number of aliphatic imine (C=N–C) groups is 1. The van der Waals surface area contributed by atoms with Crippen LogP contribution in [0.3, 0.4) is 0 Å². The second-order valence-electron chi connectivity index (χ2n) is 6.49. The third-order valence-electron chi connectivity index (χ3n) is 4.25. The van der Waals surface area contributed by atoms with Crippen LogP contribution in [0.25, 0.3) is 0 Å². The molecular weight excluding hydrogens is 352 g/mol. The van der Waals surface area contributed by atoms with E-state index in [4.69, 9.17) is 9.47 Å². The first-order chi connectivity index (χ1) is 12.3. The maximum Gasteiger partial charge on any atom is 0.338 e. The smallest absolute Gasteiger partial charge is 0.338 e. The lowest BCUT2D eigenvalue weighted by Crippen LogP contribution is -2.40. The Morgan fingerprint density at radius 1 is 1.27 bits per heavy atom. The first-order valence-electron chi connectivity index (χ1n) is 8.47. The average molecular weight is 374 g/mol. The minimum atomic E-state index is -0.551. The Balaban J connectivity index is 2.11. The lowest BCUT2D eigenvalue weighted by molar-refractivity contribution is -0.143. The van der Waals surface area contributed by atoms with E-state index in [0.29, 0.717) is 22.2 Å². The zero-order valence-corrected chi connectivity index (χ0v) is 16.3. The quantitative estimate of drug-likeness (QED) is 0.757. The summed E-state index contributed by atoms with van der Waals surface area (Å²) in [5, 5.41) is 0.393. The van der Waals surface area contributed by atoms with Crippen LogP contribution >= 0.6 is 11.8 Å². The van der Waals surface area contributed by atoms with Gasteiger partial charge in [-0.05, 0) is 45.4 Å². The van der Waals surface area contributed by atoms with Crippen molar-refractivity contribution in [1.29, 1.82) is 0 Å². The monoisotopic (exact) mass is 374 g/mol. The highest BCUT2D eigenvalue weighted by molar-refractivity contribution is 8.15. The molecule has 0 unspecified atom stereocenters. The molecule has 2 heterocycles. The summed E-state index contributed by atoms with van der Waals surface area (Å²) in [5.74, 6) is 0.205. The molecule has 1 aromatic carbocycles. The van der Waals surface area contributed by atoms with Crippen molar-refractivity contribution in [3.63, 3.8) is 0 Å². The Morgan fingerprint density at radius 3 is 2.50 bits per heavy atom. The first kappa shape index (κ1) is 18.5. The molecule has 0 spiro atoms. The highest BCUT2D eigenvalue weighted by Gasteiger charge is 2.46. The Hall–Kier alpha value is -2.28. The number of thioether (sulfide) groups is 1. The Morgan fingerprint density at radius 2 is 1.92 bits per heavy atom. The first-order valence-corrected chi connectivity index (χ1v) is 9.35. The van der Waals surface area contributed by atoms with Crippen LogP contribution in [-0.2, 0) is 14.3 Å². The third-order valence-corrected chi connectivity index (χ3v) is 5.31. The fraction of sp³-hybridized carbons (Fsp3) is 0.421. The number of methoxy groups -OCH3 is 1. The predicted molar refractivity (Wildman–Crippen MR) is 101 cm³/mol. The van der Waals surface area contributed by atoms with E-state index in [-0.39, 0.29) is 17.3 Å². The molecule has 0 saturated carbocycles. The van der Waals surface area contributed by atoms with Crippen LogP contribution in [0.2, 0.25) is 0 Å². The molecule has 1 saturated heterocycles. The summed E-state index contributed by atoms with van der Waals surface area (Å²) in [6.07, 6.45) is -0.257. The topological polar surface area (TPSA) is 68.2 Å². The minimum absolute atomic E-state index is 0.0584. The zero-order valence-electron chi connectivity index (χ0n) is 15.5. The number of allylic oxidation sites excluding steroid dienone is 1. The van der Waals surface area contributed by atoms with Gasteiger partial charge in [0.25, 0.3) is 0 Å². The molecule has 1 amide bonds. The van der Waals surface area contributed by atoms with Gasteiger partial charge in [-0.2, -0.15) is 0 Å². The molecule has 7 heteroatoms. The number of nitrogens with zero attached hydrogens (tertiary/aromatic N) is 2. The van der Waals surface area contributed by atoms with Crippen molar-refractivity contribution in [1.82, 2.24) is 4.90 Å². The van der Waals surface area contributed by atoms with Crippen molar-refractivity contribution in [2.24, 2.45) is 4.99 Å². The highest BCUT2D eigenvalue weighted by atomic mass is 32.2. The van der Waals surface area contributed by atoms with Crippen LogP contribution in [0.4, 0.5) is 0 Å². The summed E-state index contributed by atoms with van der Waals surface area (Å²) in [7, 11) is 1.60. The van der Waals surface area contributed by atoms with Gasteiger partial charge in [-0.15, -0.1) is 0 Å². The van der Waals surface area contributed by atoms with E-state index in [1.807, 2.05) is 31.2 Å². The van der Waals surface area contributed by atoms with Gasteiger partial charge in [0.05, 0.1) is 35.8 Å². The van der Waals surface area contributed by atoms with E-state index in [2.05, 4.69) is 4.99 Å². The SMILES string of the molecule is COc1ccc([C@@H]2C(C(=O)OC(C)C)=C(C)N=C3S[C@H](C)C(=O)N32)cc1. The molecule has 2 atom stereocenters. The molecular formula is C19H22N2O4S. The van der Waals surface area contributed by atoms with Gasteiger partial charge in [0.1, 0.15) is 5.75 Å². The molecule has 26 heavy (non-hydrogen) atoms. The van der Waals surface area contributed by atoms with Gasteiger partial charge in [-0.3, -0.25) is 9.69 Å². The summed E-state index contributed by atoms with van der Waals surface area (Å²) >= 11 is 1.41. The summed E-state index contributed by atoms with van der Waals surface area (Å²) in [4.78, 5) is 31.7. The summed E-state index contributed by atoms with van der Waals surface area (Å²) in [6.45, 7) is 7.23. The summed E-state index contributed by atoms with van der Waals surface area (Å²) in [5.41, 5.74) is 1.80.